The minimum Gasteiger partial charge on any atom is -0.265 e. The molecule has 0 bridgehead atoms. The standard InChI is InChI=1S/C36H22N6/c1-2-8-28-23(6-1)15-16-30-32(28)29-9-3-4-10-31(29)39-33(30)24-11-13-25(14-12-24)34-40-35(26-17-20-37-21-18-26)42-36(41-34)27-7-5-19-38-22-27/h1-22H. The van der Waals surface area contributed by atoms with E-state index in [-0.39, 0.29) is 0 Å². The van der Waals surface area contributed by atoms with Gasteiger partial charge in [-0.2, -0.15) is 0 Å². The number of pyridine rings is 3. The third kappa shape index (κ3) is 4.14. The third-order valence-corrected chi connectivity index (χ3v) is 7.50. The van der Waals surface area contributed by atoms with Crippen molar-refractivity contribution in [3.8, 4) is 45.4 Å². The molecule has 0 radical (unpaired) electrons. The lowest BCUT2D eigenvalue weighted by molar-refractivity contribution is 1.07. The number of rotatable bonds is 4. The first-order valence-corrected chi connectivity index (χ1v) is 13.7. The topological polar surface area (TPSA) is 77.3 Å². The molecule has 196 valence electrons. The number of hydrogen-bond donors (Lipinski definition) is 0. The molecule has 0 aliphatic heterocycles. The molecular weight excluding hydrogens is 516 g/mol. The second-order valence-corrected chi connectivity index (χ2v) is 10.0. The van der Waals surface area contributed by atoms with Gasteiger partial charge in [0.25, 0.3) is 0 Å². The highest BCUT2D eigenvalue weighted by atomic mass is 15.0. The largest absolute Gasteiger partial charge is 0.265 e. The quantitative estimate of drug-likeness (QED) is 0.210. The summed E-state index contributed by atoms with van der Waals surface area (Å²) >= 11 is 0. The molecule has 0 spiro atoms. The number of aromatic nitrogens is 6. The molecule has 0 amide bonds. The Morgan fingerprint density at radius 2 is 1.05 bits per heavy atom. The first-order valence-electron chi connectivity index (χ1n) is 13.7. The molecule has 0 aliphatic rings. The number of benzene rings is 4. The maximum absolute atomic E-state index is 5.14. The molecule has 8 aromatic rings. The lowest BCUT2D eigenvalue weighted by Gasteiger charge is -2.13. The van der Waals surface area contributed by atoms with Crippen LogP contribution in [0.25, 0.3) is 77.9 Å². The van der Waals surface area contributed by atoms with E-state index in [9.17, 15) is 0 Å². The zero-order valence-corrected chi connectivity index (χ0v) is 22.4. The Bertz CT molecular complexity index is 2160. The molecule has 0 saturated carbocycles. The lowest BCUT2D eigenvalue weighted by atomic mass is 9.95. The Morgan fingerprint density at radius 3 is 1.81 bits per heavy atom. The summed E-state index contributed by atoms with van der Waals surface area (Å²) in [5.74, 6) is 1.74. The smallest absolute Gasteiger partial charge is 0.165 e. The monoisotopic (exact) mass is 538 g/mol. The van der Waals surface area contributed by atoms with Crippen molar-refractivity contribution >= 4 is 32.4 Å². The van der Waals surface area contributed by atoms with E-state index in [1.807, 2.05) is 30.3 Å². The molecule has 0 fully saturated rings. The van der Waals surface area contributed by atoms with Gasteiger partial charge in [-0.05, 0) is 41.1 Å². The van der Waals surface area contributed by atoms with Gasteiger partial charge in [-0.25, -0.2) is 19.9 Å². The van der Waals surface area contributed by atoms with Crippen molar-refractivity contribution in [2.45, 2.75) is 0 Å². The van der Waals surface area contributed by atoms with E-state index in [1.54, 1.807) is 24.8 Å². The van der Waals surface area contributed by atoms with Gasteiger partial charge in [0.15, 0.2) is 17.5 Å². The first kappa shape index (κ1) is 24.0. The summed E-state index contributed by atoms with van der Waals surface area (Å²) in [6.07, 6.45) is 6.98. The maximum atomic E-state index is 5.14. The van der Waals surface area contributed by atoms with E-state index >= 15 is 0 Å². The molecule has 0 N–H and O–H groups in total. The van der Waals surface area contributed by atoms with Crippen molar-refractivity contribution in [2.24, 2.45) is 0 Å². The van der Waals surface area contributed by atoms with Crippen LogP contribution in [-0.2, 0) is 0 Å². The summed E-state index contributed by atoms with van der Waals surface area (Å²) in [6.45, 7) is 0. The molecule has 0 saturated heterocycles. The molecule has 6 nitrogen and oxygen atoms in total. The molecule has 0 aliphatic carbocycles. The normalized spacial score (nSPS) is 11.3. The number of para-hydroxylation sites is 1. The predicted octanol–water partition coefficient (Wildman–Crippen LogP) is 8.18. The van der Waals surface area contributed by atoms with Crippen LogP contribution in [0.1, 0.15) is 0 Å². The average molecular weight is 539 g/mol. The summed E-state index contributed by atoms with van der Waals surface area (Å²) < 4.78 is 0. The highest BCUT2D eigenvalue weighted by molar-refractivity contribution is 6.22. The molecule has 6 heteroatoms. The predicted molar refractivity (Wildman–Crippen MR) is 167 cm³/mol. The van der Waals surface area contributed by atoms with Gasteiger partial charge in [-0.3, -0.25) is 9.97 Å². The van der Waals surface area contributed by atoms with E-state index < -0.39 is 0 Å². The Kier molecular flexibility index (Phi) is 5.67. The Morgan fingerprint density at radius 1 is 0.381 bits per heavy atom. The second-order valence-electron chi connectivity index (χ2n) is 10.0. The minimum atomic E-state index is 0.568. The van der Waals surface area contributed by atoms with E-state index in [0.717, 1.165) is 44.2 Å². The van der Waals surface area contributed by atoms with Gasteiger partial charge < -0.3 is 0 Å². The van der Waals surface area contributed by atoms with E-state index in [2.05, 4.69) is 88.8 Å². The summed E-state index contributed by atoms with van der Waals surface area (Å²) in [4.78, 5) is 28.0. The number of fused-ring (bicyclic) bond motifs is 5. The van der Waals surface area contributed by atoms with Crippen LogP contribution in [0.3, 0.4) is 0 Å². The molecule has 8 rings (SSSR count). The van der Waals surface area contributed by atoms with Crippen molar-refractivity contribution in [1.82, 2.24) is 29.9 Å². The third-order valence-electron chi connectivity index (χ3n) is 7.50. The SMILES string of the molecule is c1cncc(-c2nc(-c3ccncc3)nc(-c3ccc(-c4nc5ccccc5c5c4ccc4ccccc45)cc3)n2)c1. The van der Waals surface area contributed by atoms with Crippen LogP contribution in [-0.4, -0.2) is 29.9 Å². The molecule has 4 heterocycles. The highest BCUT2D eigenvalue weighted by Crippen LogP contribution is 2.37. The Balaban J connectivity index is 1.28. The highest BCUT2D eigenvalue weighted by Gasteiger charge is 2.15. The van der Waals surface area contributed by atoms with E-state index in [1.165, 1.54) is 16.2 Å². The van der Waals surface area contributed by atoms with Crippen LogP contribution in [0.4, 0.5) is 0 Å². The van der Waals surface area contributed by atoms with Gasteiger partial charge in [-0.1, -0.05) is 78.9 Å². The van der Waals surface area contributed by atoms with Crippen LogP contribution in [0, 0.1) is 0 Å². The van der Waals surface area contributed by atoms with Crippen molar-refractivity contribution in [3.63, 3.8) is 0 Å². The maximum Gasteiger partial charge on any atom is 0.165 e. The van der Waals surface area contributed by atoms with E-state index in [4.69, 9.17) is 19.9 Å². The minimum absolute atomic E-state index is 0.568. The zero-order chi connectivity index (χ0) is 27.9. The molecule has 4 aromatic heterocycles. The second kappa shape index (κ2) is 9.94. The fraction of sp³-hybridized carbons (Fsp3) is 0. The van der Waals surface area contributed by atoms with Crippen LogP contribution in [0.2, 0.25) is 0 Å². The lowest BCUT2D eigenvalue weighted by Crippen LogP contribution is -2.00. The number of hydrogen-bond acceptors (Lipinski definition) is 6. The number of nitrogens with zero attached hydrogens (tertiary/aromatic N) is 6. The fourth-order valence-electron chi connectivity index (χ4n) is 5.48. The van der Waals surface area contributed by atoms with Crippen LogP contribution in [0.15, 0.2) is 134 Å². The molecule has 4 aromatic carbocycles. The van der Waals surface area contributed by atoms with Crippen LogP contribution in [0.5, 0.6) is 0 Å². The van der Waals surface area contributed by atoms with Gasteiger partial charge in [0.05, 0.1) is 11.2 Å². The summed E-state index contributed by atoms with van der Waals surface area (Å²) in [5, 5.41) is 5.94. The van der Waals surface area contributed by atoms with Crippen LogP contribution >= 0.6 is 0 Å². The van der Waals surface area contributed by atoms with Crippen molar-refractivity contribution in [2.75, 3.05) is 0 Å². The van der Waals surface area contributed by atoms with Gasteiger partial charge in [0.2, 0.25) is 0 Å². The molecule has 0 unspecified atom stereocenters. The van der Waals surface area contributed by atoms with Crippen molar-refractivity contribution in [3.05, 3.63) is 134 Å². The average Bonchev–Trinajstić information content (AvgIpc) is 3.08. The zero-order valence-electron chi connectivity index (χ0n) is 22.4. The van der Waals surface area contributed by atoms with Gasteiger partial charge in [0.1, 0.15) is 0 Å². The molecule has 42 heavy (non-hydrogen) atoms. The van der Waals surface area contributed by atoms with Gasteiger partial charge in [0, 0.05) is 63.2 Å². The Labute approximate surface area is 241 Å². The van der Waals surface area contributed by atoms with Gasteiger partial charge >= 0.3 is 0 Å². The fourth-order valence-corrected chi connectivity index (χ4v) is 5.48. The van der Waals surface area contributed by atoms with Crippen molar-refractivity contribution < 1.29 is 0 Å². The van der Waals surface area contributed by atoms with Gasteiger partial charge in [-0.15, -0.1) is 0 Å². The van der Waals surface area contributed by atoms with E-state index in [0.29, 0.717) is 17.5 Å². The molecular formula is C36H22N6. The summed E-state index contributed by atoms with van der Waals surface area (Å²) in [7, 11) is 0. The van der Waals surface area contributed by atoms with Crippen LogP contribution < -0.4 is 0 Å². The summed E-state index contributed by atoms with van der Waals surface area (Å²) in [6, 6.07) is 37.2. The summed E-state index contributed by atoms with van der Waals surface area (Å²) in [5.41, 5.74) is 5.53. The Hall–Kier alpha value is -5.88. The molecule has 0 atom stereocenters. The first-order chi connectivity index (χ1) is 20.8. The van der Waals surface area contributed by atoms with Crippen molar-refractivity contribution in [1.29, 1.82) is 0 Å².